The van der Waals surface area contributed by atoms with Crippen LogP contribution in [0, 0.1) is 5.41 Å². The summed E-state index contributed by atoms with van der Waals surface area (Å²) in [6.45, 7) is 7.85. The lowest BCUT2D eigenvalue weighted by atomic mass is 9.64. The Labute approximate surface area is 116 Å². The van der Waals surface area contributed by atoms with Gasteiger partial charge in [0.2, 0.25) is 0 Å². The van der Waals surface area contributed by atoms with Gasteiger partial charge in [0.1, 0.15) is 0 Å². The molecule has 1 aliphatic carbocycles. The van der Waals surface area contributed by atoms with Crippen LogP contribution in [0.1, 0.15) is 38.9 Å². The maximum atomic E-state index is 10.1. The molecule has 0 radical (unpaired) electrons. The molecule has 1 aromatic rings. The highest BCUT2D eigenvalue weighted by Gasteiger charge is 2.48. The quantitative estimate of drug-likeness (QED) is 0.828. The molecule has 0 spiro atoms. The van der Waals surface area contributed by atoms with E-state index in [-0.39, 0.29) is 5.41 Å². The molecule has 0 heterocycles. The van der Waals surface area contributed by atoms with E-state index in [9.17, 15) is 5.11 Å². The van der Waals surface area contributed by atoms with Crippen LogP contribution in [0.25, 0.3) is 0 Å². The Morgan fingerprint density at radius 3 is 2.63 bits per heavy atom. The van der Waals surface area contributed by atoms with Crippen LogP contribution < -0.4 is 5.32 Å². The summed E-state index contributed by atoms with van der Waals surface area (Å²) >= 11 is 0. The lowest BCUT2D eigenvalue weighted by Crippen LogP contribution is -2.61. The number of benzene rings is 1. The lowest BCUT2D eigenvalue weighted by Gasteiger charge is -2.52. The van der Waals surface area contributed by atoms with Crippen molar-refractivity contribution in [2.45, 2.75) is 45.4 Å². The first-order valence-corrected chi connectivity index (χ1v) is 7.13. The zero-order chi connectivity index (χ0) is 13.9. The molecule has 3 heteroatoms. The van der Waals surface area contributed by atoms with Gasteiger partial charge in [-0.05, 0) is 18.9 Å². The second-order valence-corrected chi connectivity index (χ2v) is 5.89. The molecule has 1 saturated carbocycles. The predicted octanol–water partition coefficient (Wildman–Crippen LogP) is 2.51. The number of nitrogens with one attached hydrogen (secondary N) is 1. The monoisotopic (exact) mass is 263 g/mol. The molecule has 106 valence electrons. The first kappa shape index (κ1) is 14.5. The standard InChI is InChI=1S/C16H25NO2/c1-4-19-15-10-14(16(15,2)3)17-11-13(18)12-8-6-5-7-9-12/h5-9,13-15,17-18H,4,10-11H2,1-3H3. The topological polar surface area (TPSA) is 41.5 Å². The van der Waals surface area contributed by atoms with E-state index in [1.165, 1.54) is 0 Å². The first-order chi connectivity index (χ1) is 9.05. The number of ether oxygens (including phenoxy) is 1. The molecule has 3 unspecified atom stereocenters. The molecule has 3 atom stereocenters. The molecule has 2 rings (SSSR count). The fourth-order valence-electron chi connectivity index (χ4n) is 2.76. The predicted molar refractivity (Wildman–Crippen MR) is 77.0 cm³/mol. The maximum Gasteiger partial charge on any atom is 0.0914 e. The normalized spacial score (nSPS) is 26.7. The van der Waals surface area contributed by atoms with Gasteiger partial charge in [0.05, 0.1) is 12.2 Å². The number of hydrogen-bond donors (Lipinski definition) is 2. The van der Waals surface area contributed by atoms with Gasteiger partial charge in [0.15, 0.2) is 0 Å². The fourth-order valence-corrected chi connectivity index (χ4v) is 2.76. The number of hydrogen-bond acceptors (Lipinski definition) is 3. The lowest BCUT2D eigenvalue weighted by molar-refractivity contribution is -0.115. The van der Waals surface area contributed by atoms with Crippen LogP contribution in [0.5, 0.6) is 0 Å². The Bertz CT molecular complexity index is 391. The summed E-state index contributed by atoms with van der Waals surface area (Å²) in [5, 5.41) is 13.6. The average Bonchev–Trinajstić information content (AvgIpc) is 2.42. The zero-order valence-electron chi connectivity index (χ0n) is 12.1. The van der Waals surface area contributed by atoms with Crippen LogP contribution in [0.4, 0.5) is 0 Å². The van der Waals surface area contributed by atoms with E-state index in [1.54, 1.807) is 0 Å². The van der Waals surface area contributed by atoms with Gasteiger partial charge in [-0.2, -0.15) is 0 Å². The second kappa shape index (κ2) is 6.04. The molecule has 0 bridgehead atoms. The highest BCUT2D eigenvalue weighted by atomic mass is 16.5. The van der Waals surface area contributed by atoms with E-state index < -0.39 is 6.10 Å². The average molecular weight is 263 g/mol. The summed E-state index contributed by atoms with van der Waals surface area (Å²) in [5.74, 6) is 0. The molecular formula is C16H25NO2. The summed E-state index contributed by atoms with van der Waals surface area (Å²) < 4.78 is 5.71. The highest BCUT2D eigenvalue weighted by molar-refractivity contribution is 5.17. The SMILES string of the molecule is CCOC1CC(NCC(O)c2ccccc2)C1(C)C. The van der Waals surface area contributed by atoms with E-state index in [2.05, 4.69) is 19.2 Å². The molecule has 1 aliphatic rings. The fraction of sp³-hybridized carbons (Fsp3) is 0.625. The minimum Gasteiger partial charge on any atom is -0.387 e. The van der Waals surface area contributed by atoms with Crippen molar-refractivity contribution in [1.29, 1.82) is 0 Å². The van der Waals surface area contributed by atoms with Gasteiger partial charge in [0.25, 0.3) is 0 Å². The van der Waals surface area contributed by atoms with E-state index >= 15 is 0 Å². The van der Waals surface area contributed by atoms with Crippen molar-refractivity contribution in [3.63, 3.8) is 0 Å². The third kappa shape index (κ3) is 3.16. The van der Waals surface area contributed by atoms with Crippen LogP contribution in [-0.2, 0) is 4.74 Å². The van der Waals surface area contributed by atoms with Crippen LogP contribution in [0.2, 0.25) is 0 Å². The summed E-state index contributed by atoms with van der Waals surface area (Å²) in [4.78, 5) is 0. The van der Waals surface area contributed by atoms with Gasteiger partial charge in [-0.15, -0.1) is 0 Å². The van der Waals surface area contributed by atoms with E-state index in [1.807, 2.05) is 37.3 Å². The molecule has 0 aliphatic heterocycles. The van der Waals surface area contributed by atoms with Gasteiger partial charge in [-0.1, -0.05) is 44.2 Å². The van der Waals surface area contributed by atoms with Gasteiger partial charge in [0, 0.05) is 24.6 Å². The Morgan fingerprint density at radius 1 is 1.37 bits per heavy atom. The van der Waals surface area contributed by atoms with Crippen molar-refractivity contribution in [1.82, 2.24) is 5.32 Å². The van der Waals surface area contributed by atoms with E-state index in [0.717, 1.165) is 18.6 Å². The number of aliphatic hydroxyl groups excluding tert-OH is 1. The smallest absolute Gasteiger partial charge is 0.0914 e. The first-order valence-electron chi connectivity index (χ1n) is 7.13. The summed E-state index contributed by atoms with van der Waals surface area (Å²) in [5.41, 5.74) is 1.11. The molecule has 1 fully saturated rings. The third-order valence-electron chi connectivity index (χ3n) is 4.29. The Balaban J connectivity index is 1.81. The van der Waals surface area contributed by atoms with Crippen molar-refractivity contribution in [3.8, 4) is 0 Å². The minimum atomic E-state index is -0.442. The van der Waals surface area contributed by atoms with Gasteiger partial charge >= 0.3 is 0 Å². The molecule has 2 N–H and O–H groups in total. The van der Waals surface area contributed by atoms with Gasteiger partial charge in [-0.25, -0.2) is 0 Å². The van der Waals surface area contributed by atoms with Crippen LogP contribution in [-0.4, -0.2) is 30.4 Å². The Kier molecular flexibility index (Phi) is 4.61. The van der Waals surface area contributed by atoms with Crippen molar-refractivity contribution < 1.29 is 9.84 Å². The van der Waals surface area contributed by atoms with E-state index in [0.29, 0.717) is 18.7 Å². The van der Waals surface area contributed by atoms with Crippen molar-refractivity contribution in [2.24, 2.45) is 5.41 Å². The van der Waals surface area contributed by atoms with Crippen molar-refractivity contribution >= 4 is 0 Å². The summed E-state index contributed by atoms with van der Waals surface area (Å²) in [7, 11) is 0. The number of aliphatic hydroxyl groups is 1. The summed E-state index contributed by atoms with van der Waals surface area (Å²) in [6.07, 6.45) is 0.925. The maximum absolute atomic E-state index is 10.1. The minimum absolute atomic E-state index is 0.145. The van der Waals surface area contributed by atoms with Crippen LogP contribution in [0.15, 0.2) is 30.3 Å². The highest BCUT2D eigenvalue weighted by Crippen LogP contribution is 2.42. The molecule has 3 nitrogen and oxygen atoms in total. The molecule has 19 heavy (non-hydrogen) atoms. The van der Waals surface area contributed by atoms with Crippen LogP contribution >= 0.6 is 0 Å². The Morgan fingerprint density at radius 2 is 2.05 bits per heavy atom. The largest absolute Gasteiger partial charge is 0.387 e. The van der Waals surface area contributed by atoms with Crippen molar-refractivity contribution in [3.05, 3.63) is 35.9 Å². The van der Waals surface area contributed by atoms with Gasteiger partial charge < -0.3 is 15.2 Å². The zero-order valence-corrected chi connectivity index (χ0v) is 12.1. The summed E-state index contributed by atoms with van der Waals surface area (Å²) in [6, 6.07) is 10.2. The van der Waals surface area contributed by atoms with Crippen LogP contribution in [0.3, 0.4) is 0 Å². The Hall–Kier alpha value is -0.900. The molecule has 0 amide bonds. The molecular weight excluding hydrogens is 238 g/mol. The van der Waals surface area contributed by atoms with Gasteiger partial charge in [-0.3, -0.25) is 0 Å². The third-order valence-corrected chi connectivity index (χ3v) is 4.29. The van der Waals surface area contributed by atoms with E-state index in [4.69, 9.17) is 4.74 Å². The second-order valence-electron chi connectivity index (χ2n) is 5.89. The molecule has 0 saturated heterocycles. The number of rotatable bonds is 6. The molecule has 1 aromatic carbocycles. The molecule has 0 aromatic heterocycles. The van der Waals surface area contributed by atoms with Crippen molar-refractivity contribution in [2.75, 3.05) is 13.2 Å².